The molecule has 2 aromatic rings. The van der Waals surface area contributed by atoms with Crippen molar-refractivity contribution in [3.05, 3.63) is 57.5 Å². The third kappa shape index (κ3) is 4.99. The fourth-order valence-electron chi connectivity index (χ4n) is 4.63. The Bertz CT molecular complexity index is 1090. The van der Waals surface area contributed by atoms with E-state index in [2.05, 4.69) is 31.4 Å². The molecule has 1 fully saturated rings. The number of likely N-dealkylation sites (tertiary alicyclic amines) is 1. The number of pyridine rings is 1. The van der Waals surface area contributed by atoms with Gasteiger partial charge in [-0.1, -0.05) is 32.4 Å². The molecule has 0 saturated carbocycles. The molecular formula is C24H29ClN4O3. The van der Waals surface area contributed by atoms with Gasteiger partial charge in [0.2, 0.25) is 5.91 Å². The van der Waals surface area contributed by atoms with Gasteiger partial charge in [0.05, 0.1) is 0 Å². The number of amides is 3. The fourth-order valence-corrected chi connectivity index (χ4v) is 4.75. The van der Waals surface area contributed by atoms with Crippen LogP contribution in [0.15, 0.2) is 41.2 Å². The van der Waals surface area contributed by atoms with E-state index in [-0.39, 0.29) is 34.4 Å². The van der Waals surface area contributed by atoms with Crippen molar-refractivity contribution in [2.45, 2.75) is 46.1 Å². The quantitative estimate of drug-likeness (QED) is 0.711. The van der Waals surface area contributed by atoms with Gasteiger partial charge in [-0.15, -0.1) is 0 Å². The maximum Gasteiger partial charge on any atom is 0.323 e. The van der Waals surface area contributed by atoms with E-state index in [9.17, 15) is 14.4 Å². The minimum Gasteiger partial charge on any atom is -0.342 e. The van der Waals surface area contributed by atoms with Crippen LogP contribution in [0.1, 0.15) is 45.2 Å². The maximum atomic E-state index is 13.1. The Balaban J connectivity index is 1.48. The lowest BCUT2D eigenvalue weighted by molar-refractivity contribution is -0.135. The number of halogens is 1. The molecule has 8 heteroatoms. The zero-order chi connectivity index (χ0) is 23.0. The summed E-state index contributed by atoms with van der Waals surface area (Å²) in [5.74, 6) is 0.553. The minimum atomic E-state index is -0.486. The average molecular weight is 457 g/mol. The Morgan fingerprint density at radius 3 is 2.44 bits per heavy atom. The molecule has 1 aromatic carbocycles. The monoisotopic (exact) mass is 456 g/mol. The van der Waals surface area contributed by atoms with E-state index in [1.165, 1.54) is 0 Å². The number of rotatable bonds is 3. The molecule has 2 aliphatic rings. The van der Waals surface area contributed by atoms with Gasteiger partial charge in [-0.05, 0) is 54.2 Å². The summed E-state index contributed by atoms with van der Waals surface area (Å²) < 4.78 is 1.77. The molecule has 7 nitrogen and oxygen atoms in total. The van der Waals surface area contributed by atoms with E-state index in [0.717, 1.165) is 12.1 Å². The number of benzene rings is 1. The number of nitrogens with one attached hydrogen (secondary N) is 2. The first-order valence-corrected chi connectivity index (χ1v) is 11.3. The van der Waals surface area contributed by atoms with Crippen molar-refractivity contribution in [1.82, 2.24) is 9.47 Å². The molecule has 2 atom stereocenters. The molecule has 3 amide bonds. The highest BCUT2D eigenvalue weighted by Gasteiger charge is 2.37. The molecule has 170 valence electrons. The molecule has 1 aromatic heterocycles. The van der Waals surface area contributed by atoms with E-state index in [0.29, 0.717) is 36.8 Å². The van der Waals surface area contributed by atoms with E-state index < -0.39 is 6.03 Å². The molecule has 0 spiro atoms. The second kappa shape index (κ2) is 8.62. The average Bonchev–Trinajstić information content (AvgIpc) is 2.71. The minimum absolute atomic E-state index is 0.0500. The van der Waals surface area contributed by atoms with Crippen molar-refractivity contribution >= 4 is 34.9 Å². The van der Waals surface area contributed by atoms with Crippen LogP contribution in [0, 0.1) is 11.3 Å². The van der Waals surface area contributed by atoms with Crippen molar-refractivity contribution in [3.8, 4) is 0 Å². The highest BCUT2D eigenvalue weighted by molar-refractivity contribution is 6.30. The van der Waals surface area contributed by atoms with Gasteiger partial charge < -0.3 is 20.1 Å². The molecule has 4 rings (SSSR count). The summed E-state index contributed by atoms with van der Waals surface area (Å²) in [7, 11) is 0. The van der Waals surface area contributed by atoms with E-state index in [4.69, 9.17) is 11.6 Å². The lowest BCUT2D eigenvalue weighted by Gasteiger charge is -2.43. The first-order chi connectivity index (χ1) is 15.1. The summed E-state index contributed by atoms with van der Waals surface area (Å²) in [6, 6.07) is 9.81. The van der Waals surface area contributed by atoms with Gasteiger partial charge in [0.15, 0.2) is 0 Å². The Morgan fingerprint density at radius 1 is 1.03 bits per heavy atom. The summed E-state index contributed by atoms with van der Waals surface area (Å²) in [5.41, 5.74) is 1.49. The van der Waals surface area contributed by atoms with Crippen molar-refractivity contribution in [3.63, 3.8) is 0 Å². The Morgan fingerprint density at radius 2 is 1.75 bits per heavy atom. The number of urea groups is 1. The zero-order valence-electron chi connectivity index (χ0n) is 18.7. The summed E-state index contributed by atoms with van der Waals surface area (Å²) >= 11 is 5.87. The third-order valence-corrected chi connectivity index (χ3v) is 6.24. The lowest BCUT2D eigenvalue weighted by Crippen LogP contribution is -2.49. The number of hydrogen-bond acceptors (Lipinski definition) is 3. The molecule has 2 N–H and O–H groups in total. The number of carbonyl (C=O) groups excluding carboxylic acids is 2. The molecule has 0 radical (unpaired) electrons. The van der Waals surface area contributed by atoms with Crippen molar-refractivity contribution in [1.29, 1.82) is 0 Å². The van der Waals surface area contributed by atoms with Gasteiger partial charge in [0, 0.05) is 48.4 Å². The second-order valence-corrected chi connectivity index (χ2v) is 10.4. The standard InChI is InChI=1S/C24H29ClN4O3/c1-24(2,3)11-21(30)28-12-15-10-16(14-28)20-9-8-19(22(31)29(20)13-15)27-23(32)26-18-6-4-17(25)5-7-18/h4-9,15-16H,10-14H2,1-3H3,(H2,26,27,32). The van der Waals surface area contributed by atoms with Gasteiger partial charge in [0.25, 0.3) is 5.56 Å². The Labute approximate surface area is 192 Å². The van der Waals surface area contributed by atoms with E-state index in [1.54, 1.807) is 34.9 Å². The van der Waals surface area contributed by atoms with Gasteiger partial charge >= 0.3 is 6.03 Å². The topological polar surface area (TPSA) is 83.4 Å². The van der Waals surface area contributed by atoms with Gasteiger partial charge in [-0.3, -0.25) is 9.59 Å². The molecule has 2 unspecified atom stereocenters. The van der Waals surface area contributed by atoms with Crippen LogP contribution in [0.2, 0.25) is 5.02 Å². The van der Waals surface area contributed by atoms with Gasteiger partial charge in [-0.2, -0.15) is 0 Å². The first kappa shape index (κ1) is 22.4. The summed E-state index contributed by atoms with van der Waals surface area (Å²) in [5, 5.41) is 5.94. The van der Waals surface area contributed by atoms with Crippen LogP contribution >= 0.6 is 11.6 Å². The summed E-state index contributed by atoms with van der Waals surface area (Å²) in [6.07, 6.45) is 1.49. The predicted octanol–water partition coefficient (Wildman–Crippen LogP) is 4.53. The van der Waals surface area contributed by atoms with Gasteiger partial charge in [-0.25, -0.2) is 4.79 Å². The van der Waals surface area contributed by atoms with Crippen LogP contribution in [-0.2, 0) is 11.3 Å². The summed E-state index contributed by atoms with van der Waals surface area (Å²) in [4.78, 5) is 40.2. The number of carbonyl (C=O) groups is 2. The van der Waals surface area contributed by atoms with E-state index in [1.807, 2.05) is 11.0 Å². The van der Waals surface area contributed by atoms with E-state index >= 15 is 0 Å². The van der Waals surface area contributed by atoms with Gasteiger partial charge in [0.1, 0.15) is 5.69 Å². The molecule has 1 saturated heterocycles. The zero-order valence-corrected chi connectivity index (χ0v) is 19.4. The summed E-state index contributed by atoms with van der Waals surface area (Å²) in [6.45, 7) is 8.07. The highest BCUT2D eigenvalue weighted by Crippen LogP contribution is 2.36. The number of anilines is 2. The fraction of sp³-hybridized carbons (Fsp3) is 0.458. The molecule has 0 aliphatic carbocycles. The largest absolute Gasteiger partial charge is 0.342 e. The molecule has 3 heterocycles. The van der Waals surface area contributed by atoms with Crippen molar-refractivity contribution < 1.29 is 9.59 Å². The number of hydrogen-bond donors (Lipinski definition) is 2. The number of nitrogens with zero attached hydrogens (tertiary/aromatic N) is 2. The van der Waals surface area contributed by atoms with Crippen LogP contribution in [0.5, 0.6) is 0 Å². The second-order valence-electron chi connectivity index (χ2n) is 10.0. The Hall–Kier alpha value is -2.80. The highest BCUT2D eigenvalue weighted by atomic mass is 35.5. The first-order valence-electron chi connectivity index (χ1n) is 10.9. The molecule has 32 heavy (non-hydrogen) atoms. The number of fused-ring (bicyclic) bond motifs is 4. The predicted molar refractivity (Wildman–Crippen MR) is 126 cm³/mol. The van der Waals surface area contributed by atoms with Crippen LogP contribution in [0.3, 0.4) is 0 Å². The SMILES string of the molecule is CC(C)(C)CC(=O)N1CC2CC(C1)c1ccc(NC(=O)Nc3ccc(Cl)cc3)c(=O)n1C2. The van der Waals surface area contributed by atoms with Crippen LogP contribution in [-0.4, -0.2) is 34.5 Å². The third-order valence-electron chi connectivity index (χ3n) is 5.99. The number of aromatic nitrogens is 1. The number of piperidine rings is 1. The normalized spacial score (nSPS) is 19.8. The van der Waals surface area contributed by atoms with Crippen LogP contribution < -0.4 is 16.2 Å². The van der Waals surface area contributed by atoms with Crippen molar-refractivity contribution in [2.24, 2.45) is 11.3 Å². The van der Waals surface area contributed by atoms with Crippen LogP contribution in [0.4, 0.5) is 16.2 Å². The smallest absolute Gasteiger partial charge is 0.323 e. The molecule has 2 aliphatic heterocycles. The van der Waals surface area contributed by atoms with Crippen LogP contribution in [0.25, 0.3) is 0 Å². The molecule has 2 bridgehead atoms. The lowest BCUT2D eigenvalue weighted by atomic mass is 9.82. The Kier molecular flexibility index (Phi) is 6.03. The maximum absolute atomic E-state index is 13.1. The molecular weight excluding hydrogens is 428 g/mol. The van der Waals surface area contributed by atoms with Crippen molar-refractivity contribution in [2.75, 3.05) is 23.7 Å².